The van der Waals surface area contributed by atoms with Crippen molar-refractivity contribution in [3.05, 3.63) is 52.6 Å². The zero-order valence-corrected chi connectivity index (χ0v) is 19.5. The molecule has 173 valence electrons. The Labute approximate surface area is 198 Å². The van der Waals surface area contributed by atoms with E-state index in [9.17, 15) is 9.59 Å². The van der Waals surface area contributed by atoms with Crippen LogP contribution in [0.3, 0.4) is 0 Å². The molecule has 0 atom stereocenters. The van der Waals surface area contributed by atoms with Gasteiger partial charge in [0.2, 0.25) is 11.8 Å². The lowest BCUT2D eigenvalue weighted by Crippen LogP contribution is -2.49. The molecular formula is C25H26ClN2O5. The van der Waals surface area contributed by atoms with Gasteiger partial charge in [-0.3, -0.25) is 9.59 Å². The Morgan fingerprint density at radius 2 is 1.94 bits per heavy atom. The van der Waals surface area contributed by atoms with Crippen molar-refractivity contribution in [2.75, 3.05) is 39.4 Å². The van der Waals surface area contributed by atoms with Gasteiger partial charge < -0.3 is 19.4 Å². The SMILES string of the molecule is CCOc1c(-c2c(Cl)[c]ccc2/C=C/C(=O)N2CCN(C(C)=O)CC2)ccc2c1CCOO2. The summed E-state index contributed by atoms with van der Waals surface area (Å²) in [6.45, 7) is 6.51. The van der Waals surface area contributed by atoms with Crippen LogP contribution in [0.4, 0.5) is 0 Å². The minimum atomic E-state index is -0.103. The molecule has 7 nitrogen and oxygen atoms in total. The molecule has 0 aliphatic carbocycles. The Morgan fingerprint density at radius 3 is 2.67 bits per heavy atom. The third-order valence-corrected chi connectivity index (χ3v) is 6.08. The largest absolute Gasteiger partial charge is 0.493 e. The smallest absolute Gasteiger partial charge is 0.246 e. The molecule has 1 radical (unpaired) electrons. The fraction of sp³-hybridized carbons (Fsp3) is 0.360. The summed E-state index contributed by atoms with van der Waals surface area (Å²) in [7, 11) is 0. The topological polar surface area (TPSA) is 68.3 Å². The second-order valence-corrected chi connectivity index (χ2v) is 8.17. The molecule has 1 saturated heterocycles. The Hall–Kier alpha value is -3.03. The zero-order chi connectivity index (χ0) is 23.4. The van der Waals surface area contributed by atoms with Gasteiger partial charge in [0.25, 0.3) is 0 Å². The first-order valence-corrected chi connectivity index (χ1v) is 11.4. The summed E-state index contributed by atoms with van der Waals surface area (Å²) < 4.78 is 6.01. The van der Waals surface area contributed by atoms with Crippen molar-refractivity contribution in [3.63, 3.8) is 0 Å². The molecule has 2 aliphatic heterocycles. The van der Waals surface area contributed by atoms with Crippen LogP contribution in [0.25, 0.3) is 17.2 Å². The van der Waals surface area contributed by atoms with E-state index in [2.05, 4.69) is 6.07 Å². The molecule has 1 fully saturated rings. The van der Waals surface area contributed by atoms with Crippen LogP contribution in [0.2, 0.25) is 5.02 Å². The Bertz CT molecular complexity index is 1080. The number of ether oxygens (including phenoxy) is 1. The summed E-state index contributed by atoms with van der Waals surface area (Å²) >= 11 is 6.60. The van der Waals surface area contributed by atoms with E-state index in [-0.39, 0.29) is 11.8 Å². The van der Waals surface area contributed by atoms with Gasteiger partial charge in [-0.1, -0.05) is 23.7 Å². The van der Waals surface area contributed by atoms with Crippen LogP contribution >= 0.6 is 11.6 Å². The lowest BCUT2D eigenvalue weighted by molar-refractivity contribution is -0.215. The maximum Gasteiger partial charge on any atom is 0.246 e. The molecule has 2 aromatic carbocycles. The van der Waals surface area contributed by atoms with Crippen molar-refractivity contribution in [2.45, 2.75) is 20.3 Å². The monoisotopic (exact) mass is 469 g/mol. The molecule has 0 aromatic heterocycles. The predicted molar refractivity (Wildman–Crippen MR) is 125 cm³/mol. The van der Waals surface area contributed by atoms with Gasteiger partial charge in [-0.05, 0) is 30.7 Å². The van der Waals surface area contributed by atoms with E-state index in [1.807, 2.05) is 25.1 Å². The van der Waals surface area contributed by atoms with Crippen LogP contribution < -0.4 is 9.62 Å². The van der Waals surface area contributed by atoms with Crippen molar-refractivity contribution in [1.29, 1.82) is 0 Å². The van der Waals surface area contributed by atoms with Crippen molar-refractivity contribution >= 4 is 29.5 Å². The Kier molecular flexibility index (Phi) is 7.20. The number of nitrogens with zero attached hydrogens (tertiary/aromatic N) is 2. The Balaban J connectivity index is 1.64. The van der Waals surface area contributed by atoms with E-state index in [0.717, 1.165) is 22.3 Å². The highest BCUT2D eigenvalue weighted by molar-refractivity contribution is 6.33. The van der Waals surface area contributed by atoms with Crippen molar-refractivity contribution in [1.82, 2.24) is 9.80 Å². The van der Waals surface area contributed by atoms with Gasteiger partial charge >= 0.3 is 0 Å². The predicted octanol–water partition coefficient (Wildman–Crippen LogP) is 3.78. The minimum Gasteiger partial charge on any atom is -0.493 e. The van der Waals surface area contributed by atoms with Gasteiger partial charge in [-0.25, -0.2) is 0 Å². The van der Waals surface area contributed by atoms with Crippen LogP contribution in [0, 0.1) is 6.07 Å². The summed E-state index contributed by atoms with van der Waals surface area (Å²) in [5.41, 5.74) is 3.26. The van der Waals surface area contributed by atoms with Gasteiger partial charge in [0, 0.05) is 68.4 Å². The lowest BCUT2D eigenvalue weighted by atomic mass is 9.94. The number of carbonyl (C=O) groups excluding carboxylic acids is 2. The summed E-state index contributed by atoms with van der Waals surface area (Å²) in [6, 6.07) is 10.4. The summed E-state index contributed by atoms with van der Waals surface area (Å²) in [5, 5.41) is 0.438. The van der Waals surface area contributed by atoms with Gasteiger partial charge in [0.15, 0.2) is 5.75 Å². The molecule has 0 spiro atoms. The molecule has 8 heteroatoms. The second kappa shape index (κ2) is 10.3. The number of piperazine rings is 1. The number of benzene rings is 2. The number of carbonyl (C=O) groups is 2. The van der Waals surface area contributed by atoms with Crippen LogP contribution in [-0.2, 0) is 20.9 Å². The van der Waals surface area contributed by atoms with Gasteiger partial charge in [0.1, 0.15) is 5.75 Å². The van der Waals surface area contributed by atoms with Crippen molar-refractivity contribution < 1.29 is 24.1 Å². The van der Waals surface area contributed by atoms with Gasteiger partial charge in [-0.15, -0.1) is 0 Å². The van der Waals surface area contributed by atoms with Crippen molar-refractivity contribution in [2.24, 2.45) is 0 Å². The highest BCUT2D eigenvalue weighted by Gasteiger charge is 2.24. The number of fused-ring (bicyclic) bond motifs is 1. The highest BCUT2D eigenvalue weighted by atomic mass is 35.5. The number of hydrogen-bond donors (Lipinski definition) is 0. The first-order chi connectivity index (χ1) is 16.0. The lowest BCUT2D eigenvalue weighted by Gasteiger charge is -2.33. The maximum absolute atomic E-state index is 12.8. The van der Waals surface area contributed by atoms with Crippen LogP contribution in [0.5, 0.6) is 11.5 Å². The minimum absolute atomic E-state index is 0.0320. The molecule has 2 amide bonds. The number of halogens is 1. The van der Waals surface area contributed by atoms with E-state index >= 15 is 0 Å². The van der Waals surface area contributed by atoms with Crippen LogP contribution in [0.15, 0.2) is 30.3 Å². The summed E-state index contributed by atoms with van der Waals surface area (Å²) in [5.74, 6) is 1.25. The number of rotatable bonds is 5. The summed E-state index contributed by atoms with van der Waals surface area (Å²) in [4.78, 5) is 38.2. The van der Waals surface area contributed by atoms with Crippen LogP contribution in [0.1, 0.15) is 25.0 Å². The fourth-order valence-electron chi connectivity index (χ4n) is 4.09. The molecule has 2 aromatic rings. The summed E-state index contributed by atoms with van der Waals surface area (Å²) in [6.07, 6.45) is 3.97. The zero-order valence-electron chi connectivity index (χ0n) is 18.7. The van der Waals surface area contributed by atoms with Crippen LogP contribution in [-0.4, -0.2) is 61.0 Å². The molecule has 2 aliphatic rings. The molecule has 4 rings (SSSR count). The first-order valence-electron chi connectivity index (χ1n) is 11.0. The normalized spacial score (nSPS) is 15.8. The van der Waals surface area contributed by atoms with Gasteiger partial charge in [0.05, 0.1) is 18.2 Å². The average Bonchev–Trinajstić information content (AvgIpc) is 2.83. The third kappa shape index (κ3) is 4.99. The molecule has 0 bridgehead atoms. The van der Waals surface area contributed by atoms with E-state index < -0.39 is 0 Å². The third-order valence-electron chi connectivity index (χ3n) is 5.78. The molecule has 33 heavy (non-hydrogen) atoms. The molecular weight excluding hydrogens is 444 g/mol. The molecule has 2 heterocycles. The quantitative estimate of drug-likeness (QED) is 0.492. The molecule has 0 unspecified atom stereocenters. The number of amides is 2. The average molecular weight is 470 g/mol. The van der Waals surface area contributed by atoms with E-state index in [1.54, 1.807) is 34.9 Å². The fourth-order valence-corrected chi connectivity index (χ4v) is 4.36. The van der Waals surface area contributed by atoms with E-state index in [0.29, 0.717) is 62.3 Å². The van der Waals surface area contributed by atoms with Gasteiger partial charge in [-0.2, -0.15) is 4.89 Å². The molecule has 0 saturated carbocycles. The first kappa shape index (κ1) is 23.1. The van der Waals surface area contributed by atoms with E-state index in [1.165, 1.54) is 0 Å². The maximum atomic E-state index is 12.8. The standard InChI is InChI=1S/C25H26ClN2O5/c1-3-31-25-19-11-16-32-33-22(19)9-8-20(25)24-18(5-4-6-21(24)26)7-10-23(30)28-14-12-27(13-15-28)17(2)29/h4-5,7-10H,3,11-16H2,1-2H3/b10-7+. The highest BCUT2D eigenvalue weighted by Crippen LogP contribution is 2.44. The molecule has 0 N–H and O–H groups in total. The number of hydrogen-bond acceptors (Lipinski definition) is 5. The second-order valence-electron chi connectivity index (χ2n) is 7.79. The van der Waals surface area contributed by atoms with E-state index in [4.69, 9.17) is 26.1 Å². The Morgan fingerprint density at radius 1 is 1.18 bits per heavy atom. The van der Waals surface area contributed by atoms with Crippen molar-refractivity contribution in [3.8, 4) is 22.6 Å².